The molecule has 116 valence electrons. The van der Waals surface area contributed by atoms with Crippen molar-refractivity contribution in [3.8, 4) is 0 Å². The van der Waals surface area contributed by atoms with Crippen molar-refractivity contribution < 1.29 is 5.11 Å². The summed E-state index contributed by atoms with van der Waals surface area (Å²) in [5.41, 5.74) is 2.29. The molecule has 2 aliphatic heterocycles. The molecule has 3 heteroatoms. The summed E-state index contributed by atoms with van der Waals surface area (Å²) in [6, 6.07) is 8.96. The Morgan fingerprint density at radius 1 is 1.19 bits per heavy atom. The lowest BCUT2D eigenvalue weighted by Crippen LogP contribution is -2.54. The monoisotopic (exact) mass is 288 g/mol. The number of piperazine rings is 1. The lowest BCUT2D eigenvalue weighted by atomic mass is 9.98. The molecular formula is C18H28N2O. The number of hydrogen-bond donors (Lipinski definition) is 1. The topological polar surface area (TPSA) is 26.7 Å². The van der Waals surface area contributed by atoms with Gasteiger partial charge in [-0.15, -0.1) is 0 Å². The maximum absolute atomic E-state index is 10.4. The molecule has 3 rings (SSSR count). The van der Waals surface area contributed by atoms with Gasteiger partial charge in [0.2, 0.25) is 0 Å². The number of aliphatic hydroxyl groups excluding tert-OH is 1. The first-order valence-corrected chi connectivity index (χ1v) is 8.44. The first kappa shape index (κ1) is 15.0. The average molecular weight is 288 g/mol. The van der Waals surface area contributed by atoms with Gasteiger partial charge in [-0.3, -0.25) is 4.90 Å². The summed E-state index contributed by atoms with van der Waals surface area (Å²) in [5.74, 6) is 0. The maximum Gasteiger partial charge on any atom is 0.0804 e. The zero-order valence-corrected chi connectivity index (χ0v) is 13.2. The van der Waals surface area contributed by atoms with E-state index in [0.717, 1.165) is 31.1 Å². The van der Waals surface area contributed by atoms with E-state index < -0.39 is 0 Å². The molecule has 3 nitrogen and oxygen atoms in total. The third kappa shape index (κ3) is 3.65. The van der Waals surface area contributed by atoms with Gasteiger partial charge in [0.25, 0.3) is 0 Å². The van der Waals surface area contributed by atoms with Gasteiger partial charge in [-0.2, -0.15) is 0 Å². The van der Waals surface area contributed by atoms with Crippen LogP contribution in [-0.4, -0.2) is 53.7 Å². The molecule has 2 atom stereocenters. The van der Waals surface area contributed by atoms with Crippen molar-refractivity contribution in [2.45, 2.75) is 44.8 Å². The van der Waals surface area contributed by atoms with Crippen molar-refractivity contribution in [1.82, 2.24) is 9.80 Å². The molecule has 1 aromatic carbocycles. The molecule has 0 amide bonds. The average Bonchev–Trinajstić information content (AvgIpc) is 2.53. The highest BCUT2D eigenvalue weighted by atomic mass is 16.3. The Kier molecular flexibility index (Phi) is 4.94. The van der Waals surface area contributed by atoms with Crippen LogP contribution < -0.4 is 0 Å². The van der Waals surface area contributed by atoms with Crippen molar-refractivity contribution in [1.29, 1.82) is 0 Å². The molecule has 1 aromatic rings. The Morgan fingerprint density at radius 2 is 2.05 bits per heavy atom. The molecule has 0 bridgehead atoms. The highest BCUT2D eigenvalue weighted by Gasteiger charge is 2.28. The van der Waals surface area contributed by atoms with Crippen LogP contribution in [0.25, 0.3) is 0 Å². The second-order valence-electron chi connectivity index (χ2n) is 6.65. The molecule has 0 spiro atoms. The third-order valence-corrected chi connectivity index (χ3v) is 5.19. The lowest BCUT2D eigenvalue weighted by molar-refractivity contribution is 0.0405. The normalized spacial score (nSPS) is 25.5. The third-order valence-electron chi connectivity index (χ3n) is 5.19. The van der Waals surface area contributed by atoms with Gasteiger partial charge in [0.1, 0.15) is 0 Å². The Bertz CT molecular complexity index is 462. The summed E-state index contributed by atoms with van der Waals surface area (Å²) in [7, 11) is 0. The number of benzene rings is 1. The van der Waals surface area contributed by atoms with E-state index in [1.165, 1.54) is 44.5 Å². The lowest BCUT2D eigenvalue weighted by Gasteiger charge is -2.44. The van der Waals surface area contributed by atoms with E-state index in [4.69, 9.17) is 0 Å². The molecule has 0 aromatic heterocycles. The molecule has 2 heterocycles. The van der Waals surface area contributed by atoms with E-state index in [9.17, 15) is 5.11 Å². The van der Waals surface area contributed by atoms with E-state index in [2.05, 4.69) is 28.9 Å². The summed E-state index contributed by atoms with van der Waals surface area (Å²) >= 11 is 0. The van der Waals surface area contributed by atoms with Crippen LogP contribution in [-0.2, 0) is 0 Å². The molecule has 1 N–H and O–H groups in total. The number of hydrogen-bond acceptors (Lipinski definition) is 3. The molecule has 2 aliphatic rings. The summed E-state index contributed by atoms with van der Waals surface area (Å²) in [5, 5.41) is 10.4. The smallest absolute Gasteiger partial charge is 0.0804 e. The standard InChI is InChI=1S/C18H28N2O/c1-15-6-2-3-8-17(15)18(21)9-11-19-12-13-20-10-5-4-7-16(20)14-19/h2-3,6,8,16,18,21H,4-5,7,9-14H2,1H3. The SMILES string of the molecule is Cc1ccccc1C(O)CCN1CCN2CCCCC2C1. The van der Waals surface area contributed by atoms with Crippen molar-refractivity contribution in [3.63, 3.8) is 0 Å². The van der Waals surface area contributed by atoms with Gasteiger partial charge in [0, 0.05) is 32.2 Å². The van der Waals surface area contributed by atoms with Gasteiger partial charge < -0.3 is 10.0 Å². The second-order valence-corrected chi connectivity index (χ2v) is 6.65. The molecule has 0 aliphatic carbocycles. The Hall–Kier alpha value is -0.900. The fourth-order valence-corrected chi connectivity index (χ4v) is 3.84. The zero-order chi connectivity index (χ0) is 14.7. The fourth-order valence-electron chi connectivity index (χ4n) is 3.84. The number of nitrogens with zero attached hydrogens (tertiary/aromatic N) is 2. The predicted molar refractivity (Wildman–Crippen MR) is 86.4 cm³/mol. The fraction of sp³-hybridized carbons (Fsp3) is 0.667. The molecule has 2 saturated heterocycles. The van der Waals surface area contributed by atoms with Crippen LogP contribution in [0.5, 0.6) is 0 Å². The van der Waals surface area contributed by atoms with E-state index in [1.807, 2.05) is 12.1 Å². The van der Waals surface area contributed by atoms with Crippen LogP contribution in [0.3, 0.4) is 0 Å². The van der Waals surface area contributed by atoms with Crippen LogP contribution in [0.15, 0.2) is 24.3 Å². The molecule has 2 unspecified atom stereocenters. The molecule has 2 fully saturated rings. The van der Waals surface area contributed by atoms with Crippen LogP contribution in [0.4, 0.5) is 0 Å². The molecule has 21 heavy (non-hydrogen) atoms. The van der Waals surface area contributed by atoms with Gasteiger partial charge in [-0.05, 0) is 43.9 Å². The van der Waals surface area contributed by atoms with E-state index in [-0.39, 0.29) is 6.10 Å². The van der Waals surface area contributed by atoms with E-state index in [0.29, 0.717) is 0 Å². The Morgan fingerprint density at radius 3 is 2.90 bits per heavy atom. The summed E-state index contributed by atoms with van der Waals surface area (Å²) in [6.45, 7) is 7.96. The number of piperidine rings is 1. The van der Waals surface area contributed by atoms with Crippen molar-refractivity contribution in [2.75, 3.05) is 32.7 Å². The van der Waals surface area contributed by atoms with Crippen LogP contribution in [0, 0.1) is 6.92 Å². The predicted octanol–water partition coefficient (Wildman–Crippen LogP) is 2.59. The number of fused-ring (bicyclic) bond motifs is 1. The van der Waals surface area contributed by atoms with Crippen LogP contribution in [0.1, 0.15) is 42.9 Å². The number of rotatable bonds is 4. The minimum atomic E-state index is -0.324. The van der Waals surface area contributed by atoms with Crippen LogP contribution in [0.2, 0.25) is 0 Å². The highest BCUT2D eigenvalue weighted by Crippen LogP contribution is 2.24. The quantitative estimate of drug-likeness (QED) is 0.922. The minimum Gasteiger partial charge on any atom is -0.388 e. The van der Waals surface area contributed by atoms with E-state index >= 15 is 0 Å². The first-order valence-electron chi connectivity index (χ1n) is 8.44. The summed E-state index contributed by atoms with van der Waals surface area (Å²) in [4.78, 5) is 5.21. The largest absolute Gasteiger partial charge is 0.388 e. The van der Waals surface area contributed by atoms with Gasteiger partial charge in [0.05, 0.1) is 6.10 Å². The molecular weight excluding hydrogens is 260 g/mol. The Balaban J connectivity index is 1.50. The van der Waals surface area contributed by atoms with Crippen molar-refractivity contribution in [2.24, 2.45) is 0 Å². The number of aryl methyl sites for hydroxylation is 1. The molecule has 0 radical (unpaired) electrons. The zero-order valence-electron chi connectivity index (χ0n) is 13.2. The first-order chi connectivity index (χ1) is 10.2. The van der Waals surface area contributed by atoms with Crippen molar-refractivity contribution >= 4 is 0 Å². The highest BCUT2D eigenvalue weighted by molar-refractivity contribution is 5.27. The summed E-state index contributed by atoms with van der Waals surface area (Å²) < 4.78 is 0. The minimum absolute atomic E-state index is 0.324. The Labute approximate surface area is 128 Å². The number of aliphatic hydroxyl groups is 1. The van der Waals surface area contributed by atoms with Crippen molar-refractivity contribution in [3.05, 3.63) is 35.4 Å². The summed E-state index contributed by atoms with van der Waals surface area (Å²) in [6.07, 6.45) is 4.65. The van der Waals surface area contributed by atoms with Gasteiger partial charge in [-0.1, -0.05) is 30.7 Å². The van der Waals surface area contributed by atoms with E-state index in [1.54, 1.807) is 0 Å². The second kappa shape index (κ2) is 6.91. The maximum atomic E-state index is 10.4. The van der Waals surface area contributed by atoms with Gasteiger partial charge >= 0.3 is 0 Å². The van der Waals surface area contributed by atoms with Crippen LogP contribution >= 0.6 is 0 Å². The van der Waals surface area contributed by atoms with Gasteiger partial charge in [0.15, 0.2) is 0 Å². The molecule has 0 saturated carbocycles. The van der Waals surface area contributed by atoms with Gasteiger partial charge in [-0.25, -0.2) is 0 Å².